The molecule has 0 radical (unpaired) electrons. The molecular formula is C28H30F2N4O7S. The van der Waals surface area contributed by atoms with Crippen LogP contribution in [0, 0.1) is 23.5 Å². The molecule has 224 valence electrons. The number of carboxylic acid groups (broad SMARTS) is 2. The Morgan fingerprint density at radius 3 is 2.50 bits per heavy atom. The van der Waals surface area contributed by atoms with Crippen molar-refractivity contribution in [1.82, 2.24) is 14.4 Å². The summed E-state index contributed by atoms with van der Waals surface area (Å²) in [5.74, 6) is -5.55. The average molecular weight is 605 g/mol. The third-order valence-electron chi connectivity index (χ3n) is 8.51. The molecular weight excluding hydrogens is 574 g/mol. The summed E-state index contributed by atoms with van der Waals surface area (Å²) in [5.41, 5.74) is -1.86. The highest BCUT2D eigenvalue weighted by Gasteiger charge is 2.57. The largest absolute Gasteiger partial charge is 0.477 e. The zero-order valence-corrected chi connectivity index (χ0v) is 23.7. The van der Waals surface area contributed by atoms with E-state index in [2.05, 4.69) is 0 Å². The molecule has 42 heavy (non-hydrogen) atoms. The number of benzene rings is 1. The molecule has 6 rings (SSSR count). The molecule has 14 heteroatoms. The number of fused-ring (bicyclic) bond motifs is 2. The van der Waals surface area contributed by atoms with Crippen molar-refractivity contribution < 1.29 is 38.5 Å². The molecule has 1 amide bonds. The van der Waals surface area contributed by atoms with Gasteiger partial charge >= 0.3 is 11.9 Å². The van der Waals surface area contributed by atoms with Crippen molar-refractivity contribution in [2.75, 3.05) is 38.1 Å². The number of carbonyl (C=O) groups is 3. The molecule has 11 nitrogen and oxygen atoms in total. The third-order valence-corrected chi connectivity index (χ3v) is 9.87. The van der Waals surface area contributed by atoms with E-state index in [1.165, 1.54) is 28.2 Å². The number of anilines is 1. The predicted octanol–water partition coefficient (Wildman–Crippen LogP) is 2.28. The van der Waals surface area contributed by atoms with Crippen molar-refractivity contribution in [2.24, 2.45) is 11.8 Å². The van der Waals surface area contributed by atoms with E-state index in [4.69, 9.17) is 0 Å². The van der Waals surface area contributed by atoms with E-state index in [0.29, 0.717) is 43.8 Å². The molecule has 3 aliphatic heterocycles. The number of amides is 1. The number of hydrogen-bond acceptors (Lipinski definition) is 8. The predicted molar refractivity (Wildman–Crippen MR) is 149 cm³/mol. The van der Waals surface area contributed by atoms with Crippen molar-refractivity contribution in [3.8, 4) is 0 Å². The van der Waals surface area contributed by atoms with Gasteiger partial charge in [-0.2, -0.15) is 0 Å². The first-order valence-electron chi connectivity index (χ1n) is 13.8. The Morgan fingerprint density at radius 2 is 1.88 bits per heavy atom. The number of nitrogens with zero attached hydrogens (tertiary/aromatic N) is 4. The minimum atomic E-state index is -1.45. The number of carboxylic acids is 2. The van der Waals surface area contributed by atoms with E-state index in [9.17, 15) is 34.5 Å². The minimum absolute atomic E-state index is 0.00587. The van der Waals surface area contributed by atoms with Crippen LogP contribution in [0.4, 0.5) is 14.5 Å². The molecule has 4 aliphatic rings. The Labute approximate surface area is 243 Å². The molecule has 1 saturated carbocycles. The second-order valence-electron chi connectivity index (χ2n) is 11.6. The van der Waals surface area contributed by atoms with Gasteiger partial charge < -0.3 is 29.7 Å². The molecule has 1 aromatic heterocycles. The lowest BCUT2D eigenvalue weighted by molar-refractivity contribution is -0.156. The van der Waals surface area contributed by atoms with E-state index >= 15 is 8.78 Å². The van der Waals surface area contributed by atoms with Crippen LogP contribution < -0.4 is 10.3 Å². The zero-order valence-electron chi connectivity index (χ0n) is 22.9. The average Bonchev–Trinajstić information content (AvgIpc) is 3.57. The van der Waals surface area contributed by atoms with E-state index in [-0.39, 0.29) is 40.8 Å². The van der Waals surface area contributed by atoms with Gasteiger partial charge in [0.2, 0.25) is 11.3 Å². The smallest absolute Gasteiger partial charge is 0.353 e. The highest BCUT2D eigenvalue weighted by molar-refractivity contribution is 8.04. The fraction of sp³-hybridized carbons (Fsp3) is 0.500. The summed E-state index contributed by atoms with van der Waals surface area (Å²) in [7, 11) is 1.81. The molecule has 2 aromatic rings. The van der Waals surface area contributed by atoms with Gasteiger partial charge in [0.1, 0.15) is 28.1 Å². The van der Waals surface area contributed by atoms with Crippen molar-refractivity contribution in [3.63, 3.8) is 0 Å². The summed E-state index contributed by atoms with van der Waals surface area (Å²) in [6.45, 7) is 2.94. The number of aliphatic hydroxyl groups is 1. The van der Waals surface area contributed by atoms with Crippen molar-refractivity contribution >= 4 is 46.2 Å². The molecule has 4 atom stereocenters. The number of hydrogen-bond donors (Lipinski definition) is 3. The number of rotatable bonds is 9. The number of thioether (sulfide) groups is 1. The second-order valence-corrected chi connectivity index (χ2v) is 12.8. The number of β-lactam (4-membered cyclic amide) rings is 1. The van der Waals surface area contributed by atoms with Crippen LogP contribution in [-0.2, 0) is 9.59 Å². The van der Waals surface area contributed by atoms with Gasteiger partial charge in [0, 0.05) is 43.3 Å². The molecule has 2 saturated heterocycles. The standard InChI is InChI=1S/C28H30F2N4O7S/c1-12(35)19-25(37)34-23(28(40)41)18(42-26(19)34)11-31(2)8-13-5-6-32(9-13)22-17(29)7-15-21(20(22)30)33(14-3-4-14)10-16(24(15)36)27(38)39/h7,10,12-14,19,26,35H,3-6,8-9,11H2,1-2H3,(H,38,39)(H,40,41)/t12-,13+,19+,26-/m1/s1. The van der Waals surface area contributed by atoms with Crippen LogP contribution in [0.2, 0.25) is 0 Å². The maximum Gasteiger partial charge on any atom is 0.353 e. The van der Waals surface area contributed by atoms with Gasteiger partial charge in [-0.25, -0.2) is 18.4 Å². The lowest BCUT2D eigenvalue weighted by Crippen LogP contribution is -2.60. The zero-order chi connectivity index (χ0) is 30.2. The van der Waals surface area contributed by atoms with E-state index in [1.807, 2.05) is 11.9 Å². The number of likely N-dealkylation sites (N-methyl/N-ethyl adjacent to an activating group) is 1. The van der Waals surface area contributed by atoms with Crippen LogP contribution in [0.15, 0.2) is 27.7 Å². The topological polar surface area (TPSA) is 144 Å². The number of halogens is 2. The van der Waals surface area contributed by atoms with Crippen LogP contribution in [-0.4, -0.2) is 92.2 Å². The Hall–Kier alpha value is -3.49. The number of carbonyl (C=O) groups excluding carboxylic acids is 1. The molecule has 1 aliphatic carbocycles. The summed E-state index contributed by atoms with van der Waals surface area (Å²) in [4.78, 5) is 54.1. The number of aromatic nitrogens is 1. The molecule has 3 N–H and O–H groups in total. The van der Waals surface area contributed by atoms with Crippen LogP contribution in [0.25, 0.3) is 10.9 Å². The Bertz CT molecular complexity index is 1620. The summed E-state index contributed by atoms with van der Waals surface area (Å²) >= 11 is 1.27. The molecule has 0 unspecified atom stereocenters. The molecule has 0 spiro atoms. The van der Waals surface area contributed by atoms with Gasteiger partial charge in [-0.05, 0) is 45.2 Å². The number of aromatic carboxylic acids is 1. The van der Waals surface area contributed by atoms with Crippen molar-refractivity contribution in [1.29, 1.82) is 0 Å². The number of aliphatic hydroxyl groups excluding tert-OH is 1. The SMILES string of the molecule is C[C@@H](O)[C@H]1C(=O)N2C(C(=O)O)=C(CN(C)C[C@@H]3CCN(c4c(F)cc5c(=O)c(C(=O)O)cn(C6CC6)c5c4F)C3)S[C@H]12. The van der Waals surface area contributed by atoms with Gasteiger partial charge in [0.15, 0.2) is 5.82 Å². The van der Waals surface area contributed by atoms with E-state index < -0.39 is 57.9 Å². The Balaban J connectivity index is 1.20. The van der Waals surface area contributed by atoms with Crippen LogP contribution in [0.5, 0.6) is 0 Å². The normalized spacial score (nSPS) is 24.5. The molecule has 1 aromatic carbocycles. The van der Waals surface area contributed by atoms with Gasteiger partial charge in [-0.15, -0.1) is 11.8 Å². The van der Waals surface area contributed by atoms with Crippen molar-refractivity contribution in [3.05, 3.63) is 50.3 Å². The van der Waals surface area contributed by atoms with E-state index in [0.717, 1.165) is 12.3 Å². The summed E-state index contributed by atoms with van der Waals surface area (Å²) in [6, 6.07) is 0.777. The number of pyridine rings is 1. The van der Waals surface area contributed by atoms with Gasteiger partial charge in [-0.1, -0.05) is 0 Å². The first kappa shape index (κ1) is 28.6. The summed E-state index contributed by atoms with van der Waals surface area (Å²) in [6.07, 6.45) is 2.27. The lowest BCUT2D eigenvalue weighted by Gasteiger charge is -2.43. The Kier molecular flexibility index (Phi) is 7.05. The first-order valence-corrected chi connectivity index (χ1v) is 14.6. The molecule has 3 fully saturated rings. The lowest BCUT2D eigenvalue weighted by atomic mass is 9.92. The maximum atomic E-state index is 16.0. The van der Waals surface area contributed by atoms with Crippen molar-refractivity contribution in [2.45, 2.75) is 43.7 Å². The van der Waals surface area contributed by atoms with Gasteiger partial charge in [0.25, 0.3) is 0 Å². The number of aliphatic carboxylic acids is 1. The van der Waals surface area contributed by atoms with E-state index in [1.54, 1.807) is 4.90 Å². The fourth-order valence-corrected chi connectivity index (χ4v) is 8.10. The molecule has 4 heterocycles. The summed E-state index contributed by atoms with van der Waals surface area (Å²) in [5, 5.41) is 28.4. The third kappa shape index (κ3) is 4.56. The van der Waals surface area contributed by atoms with Crippen LogP contribution in [0.1, 0.15) is 42.6 Å². The van der Waals surface area contributed by atoms with Gasteiger partial charge in [0.05, 0.1) is 22.9 Å². The fourth-order valence-electron chi connectivity index (χ4n) is 6.41. The highest BCUT2D eigenvalue weighted by Crippen LogP contribution is 2.50. The molecule has 0 bridgehead atoms. The quantitative estimate of drug-likeness (QED) is 0.365. The highest BCUT2D eigenvalue weighted by atomic mass is 32.2. The first-order chi connectivity index (χ1) is 19.9. The maximum absolute atomic E-state index is 16.0. The monoisotopic (exact) mass is 604 g/mol. The second kappa shape index (κ2) is 10.3. The Morgan fingerprint density at radius 1 is 1.17 bits per heavy atom. The van der Waals surface area contributed by atoms with Gasteiger partial charge in [-0.3, -0.25) is 14.5 Å². The summed E-state index contributed by atoms with van der Waals surface area (Å²) < 4.78 is 32.8. The van der Waals surface area contributed by atoms with Crippen LogP contribution in [0.3, 0.4) is 0 Å². The van der Waals surface area contributed by atoms with Crippen LogP contribution >= 0.6 is 11.8 Å². The minimum Gasteiger partial charge on any atom is -0.477 e.